The molecule has 122 valence electrons. The second kappa shape index (κ2) is 9.33. The van der Waals surface area contributed by atoms with Gasteiger partial charge in [-0.2, -0.15) is 0 Å². The van der Waals surface area contributed by atoms with Crippen molar-refractivity contribution in [1.82, 2.24) is 4.57 Å². The van der Waals surface area contributed by atoms with E-state index in [0.717, 1.165) is 0 Å². The molecule has 0 spiro atoms. The second-order valence-corrected chi connectivity index (χ2v) is 7.07. The summed E-state index contributed by atoms with van der Waals surface area (Å²) in [5.74, 6) is 0. The number of rotatable bonds is 11. The van der Waals surface area contributed by atoms with Crippen molar-refractivity contribution in [2.45, 2.75) is 104 Å². The van der Waals surface area contributed by atoms with E-state index in [1.54, 1.807) is 0 Å². The largest absolute Gasteiger partial charge is 0.343 e. The van der Waals surface area contributed by atoms with E-state index in [1.165, 1.54) is 75.6 Å². The van der Waals surface area contributed by atoms with Gasteiger partial charge in [-0.1, -0.05) is 65.2 Å². The van der Waals surface area contributed by atoms with Crippen LogP contribution in [0.3, 0.4) is 0 Å². The summed E-state index contributed by atoms with van der Waals surface area (Å²) in [4.78, 5) is 0. The molecule has 1 rings (SSSR count). The van der Waals surface area contributed by atoms with Crippen LogP contribution in [0.5, 0.6) is 0 Å². The molecule has 1 aromatic rings. The van der Waals surface area contributed by atoms with Crippen molar-refractivity contribution >= 4 is 0 Å². The summed E-state index contributed by atoms with van der Waals surface area (Å²) in [5, 5.41) is 0. The van der Waals surface area contributed by atoms with Crippen LogP contribution in [-0.4, -0.2) is 4.57 Å². The van der Waals surface area contributed by atoms with Crippen LogP contribution in [0.2, 0.25) is 0 Å². The van der Waals surface area contributed by atoms with Crippen LogP contribution >= 0.6 is 0 Å². The first-order valence-corrected chi connectivity index (χ1v) is 9.20. The van der Waals surface area contributed by atoms with Gasteiger partial charge < -0.3 is 4.57 Å². The highest BCUT2D eigenvalue weighted by Gasteiger charge is 2.27. The highest BCUT2D eigenvalue weighted by Crippen LogP contribution is 2.33. The molecule has 21 heavy (non-hydrogen) atoms. The lowest BCUT2D eigenvalue weighted by atomic mass is 9.87. The summed E-state index contributed by atoms with van der Waals surface area (Å²) >= 11 is 0. The number of aromatic nitrogens is 1. The molecule has 1 heteroatoms. The molecule has 0 aliphatic heterocycles. The van der Waals surface area contributed by atoms with E-state index in [1.807, 2.05) is 0 Å². The molecule has 0 N–H and O–H groups in total. The van der Waals surface area contributed by atoms with Crippen LogP contribution in [0.1, 0.15) is 96.4 Å². The Morgan fingerprint density at radius 3 is 1.57 bits per heavy atom. The third kappa shape index (κ3) is 5.52. The SMILES string of the molecule is CCCCCCC(C)(CCCCCC)n1c(C)ccc1C. The topological polar surface area (TPSA) is 4.93 Å². The number of unbranched alkanes of at least 4 members (excludes halogenated alkanes) is 6. The van der Waals surface area contributed by atoms with Gasteiger partial charge in [-0.25, -0.2) is 0 Å². The fraction of sp³-hybridized carbons (Fsp3) is 0.800. The van der Waals surface area contributed by atoms with Crippen molar-refractivity contribution in [2.24, 2.45) is 0 Å². The molecule has 0 saturated heterocycles. The Balaban J connectivity index is 2.73. The van der Waals surface area contributed by atoms with Gasteiger partial charge in [0.05, 0.1) is 0 Å². The lowest BCUT2D eigenvalue weighted by Crippen LogP contribution is -2.32. The average molecular weight is 292 g/mol. The molecule has 1 heterocycles. The van der Waals surface area contributed by atoms with Crippen LogP contribution in [0, 0.1) is 13.8 Å². The Hall–Kier alpha value is -0.720. The maximum Gasteiger partial charge on any atom is 0.0416 e. The van der Waals surface area contributed by atoms with Crippen molar-refractivity contribution < 1.29 is 0 Å². The lowest BCUT2D eigenvalue weighted by Gasteiger charge is -2.35. The molecule has 0 unspecified atom stereocenters. The molecule has 0 atom stereocenters. The quantitative estimate of drug-likeness (QED) is 0.397. The Bertz CT molecular complexity index is 357. The first-order valence-electron chi connectivity index (χ1n) is 9.20. The Morgan fingerprint density at radius 2 is 1.19 bits per heavy atom. The number of nitrogens with zero attached hydrogens (tertiary/aromatic N) is 1. The minimum absolute atomic E-state index is 0.319. The van der Waals surface area contributed by atoms with Crippen LogP contribution in [0.15, 0.2) is 12.1 Å². The molecular weight excluding hydrogens is 254 g/mol. The summed E-state index contributed by atoms with van der Waals surface area (Å²) in [6.45, 7) is 11.6. The third-order valence-corrected chi connectivity index (χ3v) is 4.95. The van der Waals surface area contributed by atoms with E-state index in [-0.39, 0.29) is 0 Å². The van der Waals surface area contributed by atoms with Gasteiger partial charge in [0.15, 0.2) is 0 Å². The summed E-state index contributed by atoms with van der Waals surface area (Å²) < 4.78 is 2.62. The van der Waals surface area contributed by atoms with E-state index in [9.17, 15) is 0 Å². The summed E-state index contributed by atoms with van der Waals surface area (Å²) in [6, 6.07) is 4.57. The monoisotopic (exact) mass is 291 g/mol. The number of hydrogen-bond acceptors (Lipinski definition) is 0. The molecule has 0 bridgehead atoms. The molecule has 0 aliphatic rings. The third-order valence-electron chi connectivity index (χ3n) is 4.95. The van der Waals surface area contributed by atoms with E-state index in [2.05, 4.69) is 51.3 Å². The van der Waals surface area contributed by atoms with Crippen molar-refractivity contribution in [3.8, 4) is 0 Å². The molecule has 0 aromatic carbocycles. The average Bonchev–Trinajstić information content (AvgIpc) is 2.80. The maximum absolute atomic E-state index is 2.62. The lowest BCUT2D eigenvalue weighted by molar-refractivity contribution is 0.244. The Morgan fingerprint density at radius 1 is 0.762 bits per heavy atom. The predicted molar refractivity (Wildman–Crippen MR) is 95.1 cm³/mol. The van der Waals surface area contributed by atoms with Crippen LogP contribution in [-0.2, 0) is 5.54 Å². The molecule has 0 fully saturated rings. The summed E-state index contributed by atoms with van der Waals surface area (Å²) in [7, 11) is 0. The highest BCUT2D eigenvalue weighted by atomic mass is 15.1. The van der Waals surface area contributed by atoms with Gasteiger partial charge in [0.25, 0.3) is 0 Å². The van der Waals surface area contributed by atoms with Gasteiger partial charge in [0, 0.05) is 16.9 Å². The second-order valence-electron chi connectivity index (χ2n) is 7.07. The molecule has 1 aromatic heterocycles. The minimum atomic E-state index is 0.319. The number of hydrogen-bond donors (Lipinski definition) is 0. The minimum Gasteiger partial charge on any atom is -0.343 e. The van der Waals surface area contributed by atoms with E-state index in [0.29, 0.717) is 5.54 Å². The van der Waals surface area contributed by atoms with Gasteiger partial charge >= 0.3 is 0 Å². The number of aryl methyl sites for hydroxylation is 2. The predicted octanol–water partition coefficient (Wildman–Crippen LogP) is 6.76. The van der Waals surface area contributed by atoms with E-state index < -0.39 is 0 Å². The molecular formula is C20H37N. The van der Waals surface area contributed by atoms with Gasteiger partial charge in [-0.3, -0.25) is 0 Å². The van der Waals surface area contributed by atoms with Gasteiger partial charge in [-0.15, -0.1) is 0 Å². The highest BCUT2D eigenvalue weighted by molar-refractivity contribution is 5.17. The zero-order valence-electron chi connectivity index (χ0n) is 15.2. The standard InChI is InChI=1S/C20H37N/c1-6-8-10-12-16-20(5,17-13-11-9-7-2)21-18(3)14-15-19(21)4/h14-15H,6-13,16-17H2,1-5H3. The maximum atomic E-state index is 2.62. The first kappa shape index (κ1) is 18.3. The fourth-order valence-electron chi connectivity index (χ4n) is 3.73. The van der Waals surface area contributed by atoms with Crippen molar-refractivity contribution in [3.05, 3.63) is 23.5 Å². The first-order chi connectivity index (χ1) is 10.0. The smallest absolute Gasteiger partial charge is 0.0416 e. The van der Waals surface area contributed by atoms with Crippen LogP contribution < -0.4 is 0 Å². The van der Waals surface area contributed by atoms with Crippen molar-refractivity contribution in [1.29, 1.82) is 0 Å². The molecule has 0 saturated carbocycles. The summed E-state index contributed by atoms with van der Waals surface area (Å²) in [5.41, 5.74) is 3.18. The van der Waals surface area contributed by atoms with Crippen molar-refractivity contribution in [2.75, 3.05) is 0 Å². The van der Waals surface area contributed by atoms with Crippen molar-refractivity contribution in [3.63, 3.8) is 0 Å². The fourth-order valence-corrected chi connectivity index (χ4v) is 3.73. The molecule has 0 amide bonds. The van der Waals surface area contributed by atoms with Gasteiger partial charge in [0.2, 0.25) is 0 Å². The molecule has 1 nitrogen and oxygen atoms in total. The van der Waals surface area contributed by atoms with Crippen LogP contribution in [0.4, 0.5) is 0 Å². The van der Waals surface area contributed by atoms with Crippen LogP contribution in [0.25, 0.3) is 0 Å². The van der Waals surface area contributed by atoms with E-state index in [4.69, 9.17) is 0 Å². The van der Waals surface area contributed by atoms with Gasteiger partial charge in [0.1, 0.15) is 0 Å². The normalized spacial score (nSPS) is 12.0. The Labute approximate surface area is 133 Å². The zero-order chi connectivity index (χ0) is 15.7. The molecule has 0 aliphatic carbocycles. The summed E-state index contributed by atoms with van der Waals surface area (Å²) in [6.07, 6.45) is 13.6. The van der Waals surface area contributed by atoms with E-state index >= 15 is 0 Å². The van der Waals surface area contributed by atoms with Gasteiger partial charge in [-0.05, 0) is 45.7 Å². The molecule has 0 radical (unpaired) electrons. The Kier molecular flexibility index (Phi) is 8.14. The zero-order valence-corrected chi connectivity index (χ0v) is 15.2.